The van der Waals surface area contributed by atoms with Crippen LogP contribution in [0.15, 0.2) is 53.7 Å². The highest BCUT2D eigenvalue weighted by Gasteiger charge is 2.14. The van der Waals surface area contributed by atoms with E-state index in [0.717, 1.165) is 11.5 Å². The van der Waals surface area contributed by atoms with Crippen LogP contribution >= 0.6 is 11.8 Å². The largest absolute Gasteiger partial charge is 0.497 e. The molecule has 148 valence electrons. The minimum atomic E-state index is 0.154. The lowest BCUT2D eigenvalue weighted by molar-refractivity contribution is 0.289. The first-order chi connectivity index (χ1) is 13.4. The Balaban J connectivity index is 1.58. The van der Waals surface area contributed by atoms with Crippen LogP contribution in [0, 0.1) is 0 Å². The van der Waals surface area contributed by atoms with Crippen LogP contribution in [0.5, 0.6) is 11.5 Å². The van der Waals surface area contributed by atoms with Gasteiger partial charge in [-0.15, -0.1) is 10.2 Å². The van der Waals surface area contributed by atoms with E-state index in [1.165, 1.54) is 15.8 Å². The molecule has 0 saturated heterocycles. The average Bonchev–Trinajstić information content (AvgIpc) is 3.04. The van der Waals surface area contributed by atoms with Crippen molar-refractivity contribution in [1.82, 2.24) is 14.9 Å². The lowest BCUT2D eigenvalue weighted by atomic mass is 9.87. The lowest BCUT2D eigenvalue weighted by Crippen LogP contribution is -2.15. The number of rotatable bonds is 7. The summed E-state index contributed by atoms with van der Waals surface area (Å²) in [5.74, 6) is 8.90. The predicted octanol–water partition coefficient (Wildman–Crippen LogP) is 4.17. The first-order valence-corrected chi connectivity index (χ1v) is 10.0. The molecule has 0 atom stereocenters. The Morgan fingerprint density at radius 1 is 1.04 bits per heavy atom. The average molecular weight is 399 g/mol. The van der Waals surface area contributed by atoms with Gasteiger partial charge in [-0.25, -0.2) is 4.68 Å². The molecule has 1 aromatic heterocycles. The van der Waals surface area contributed by atoms with E-state index in [-0.39, 0.29) is 12.0 Å². The number of nitrogen functional groups attached to an aromatic ring is 1. The van der Waals surface area contributed by atoms with Gasteiger partial charge in [-0.2, -0.15) is 0 Å². The Morgan fingerprint density at radius 3 is 2.43 bits per heavy atom. The summed E-state index contributed by atoms with van der Waals surface area (Å²) in [6, 6.07) is 16.1. The Kier molecular flexibility index (Phi) is 6.14. The maximum atomic E-state index is 6.14. The molecular weight excluding hydrogens is 372 g/mol. The number of hydrogen-bond donors (Lipinski definition) is 1. The quantitative estimate of drug-likeness (QED) is 0.476. The van der Waals surface area contributed by atoms with Gasteiger partial charge in [-0.05, 0) is 28.7 Å². The van der Waals surface area contributed by atoms with E-state index in [1.807, 2.05) is 24.3 Å². The highest BCUT2D eigenvalue weighted by atomic mass is 32.2. The minimum absolute atomic E-state index is 0.154. The van der Waals surface area contributed by atoms with Crippen molar-refractivity contribution in [2.75, 3.05) is 13.0 Å². The second-order valence-corrected chi connectivity index (χ2v) is 8.41. The third-order valence-corrected chi connectivity index (χ3v) is 5.35. The Hall–Kier alpha value is -2.67. The molecule has 3 aromatic rings. The van der Waals surface area contributed by atoms with Gasteiger partial charge in [0.1, 0.15) is 18.1 Å². The molecule has 0 aliphatic carbocycles. The summed E-state index contributed by atoms with van der Waals surface area (Å²) >= 11 is 1.55. The number of nitrogens with zero attached hydrogens (tertiary/aromatic N) is 3. The van der Waals surface area contributed by atoms with E-state index in [1.54, 1.807) is 18.9 Å². The molecule has 2 N–H and O–H groups in total. The molecule has 0 aliphatic heterocycles. The molecule has 0 saturated carbocycles. The lowest BCUT2D eigenvalue weighted by Gasteiger charge is -2.19. The molecule has 0 aliphatic rings. The summed E-state index contributed by atoms with van der Waals surface area (Å²) in [7, 11) is 1.62. The number of methoxy groups -OCH3 is 1. The molecule has 6 nitrogen and oxygen atoms in total. The summed E-state index contributed by atoms with van der Waals surface area (Å²) in [5.41, 5.74) is 2.69. The van der Waals surface area contributed by atoms with Gasteiger partial charge in [-0.3, -0.25) is 0 Å². The third kappa shape index (κ3) is 4.98. The fourth-order valence-corrected chi connectivity index (χ4v) is 3.42. The van der Waals surface area contributed by atoms with E-state index in [2.05, 4.69) is 55.2 Å². The number of nitrogens with two attached hydrogens (primary N) is 1. The number of ether oxygens (including phenoxy) is 2. The van der Waals surface area contributed by atoms with Crippen LogP contribution in [-0.2, 0) is 17.8 Å². The van der Waals surface area contributed by atoms with Crippen molar-refractivity contribution < 1.29 is 9.47 Å². The van der Waals surface area contributed by atoms with Crippen molar-refractivity contribution in [1.29, 1.82) is 0 Å². The van der Waals surface area contributed by atoms with Crippen LogP contribution in [0.2, 0.25) is 0 Å². The van der Waals surface area contributed by atoms with Gasteiger partial charge in [0.2, 0.25) is 5.16 Å². The monoisotopic (exact) mass is 398 g/mol. The van der Waals surface area contributed by atoms with Crippen molar-refractivity contribution in [3.63, 3.8) is 0 Å². The topological polar surface area (TPSA) is 75.2 Å². The molecule has 2 aromatic carbocycles. The van der Waals surface area contributed by atoms with E-state index < -0.39 is 0 Å². The van der Waals surface area contributed by atoms with Crippen LogP contribution in [0.25, 0.3) is 0 Å². The normalized spacial score (nSPS) is 11.4. The second kappa shape index (κ2) is 8.56. The van der Waals surface area contributed by atoms with Gasteiger partial charge >= 0.3 is 0 Å². The zero-order valence-electron chi connectivity index (χ0n) is 16.7. The van der Waals surface area contributed by atoms with Crippen molar-refractivity contribution in [3.05, 3.63) is 65.5 Å². The zero-order chi connectivity index (χ0) is 20.1. The first kappa shape index (κ1) is 20.1. The van der Waals surface area contributed by atoms with Gasteiger partial charge in [-0.1, -0.05) is 62.9 Å². The zero-order valence-corrected chi connectivity index (χ0v) is 17.5. The highest BCUT2D eigenvalue weighted by Crippen LogP contribution is 2.25. The van der Waals surface area contributed by atoms with Gasteiger partial charge in [0.25, 0.3) is 0 Å². The summed E-state index contributed by atoms with van der Waals surface area (Å²) in [6.07, 6.45) is 0. The molecule has 0 bridgehead atoms. The predicted molar refractivity (Wildman–Crippen MR) is 112 cm³/mol. The standard InChI is InChI=1S/C21H26N4O2S/c1-21(2,3)16-10-8-15(9-11-16)14-28-20-24-23-19(25(20)22)13-27-18-7-5-6-17(12-18)26-4/h5-12H,13-14,22H2,1-4H3. The fourth-order valence-electron chi connectivity index (χ4n) is 2.59. The molecule has 1 heterocycles. The number of benzene rings is 2. The summed E-state index contributed by atoms with van der Waals surface area (Å²) in [6.45, 7) is 6.87. The minimum Gasteiger partial charge on any atom is -0.497 e. The molecule has 7 heteroatoms. The molecule has 0 amide bonds. The van der Waals surface area contributed by atoms with Crippen LogP contribution in [0.3, 0.4) is 0 Å². The van der Waals surface area contributed by atoms with Gasteiger partial charge < -0.3 is 15.3 Å². The maximum absolute atomic E-state index is 6.14. The first-order valence-electron chi connectivity index (χ1n) is 9.05. The Bertz CT molecular complexity index is 917. The van der Waals surface area contributed by atoms with Crippen LogP contribution in [-0.4, -0.2) is 22.0 Å². The van der Waals surface area contributed by atoms with Crippen LogP contribution < -0.4 is 15.3 Å². The summed E-state index contributed by atoms with van der Waals surface area (Å²) in [5, 5.41) is 8.98. The molecule has 0 unspecified atom stereocenters. The van der Waals surface area contributed by atoms with Gasteiger partial charge in [0.15, 0.2) is 5.82 Å². The van der Waals surface area contributed by atoms with Gasteiger partial charge in [0.05, 0.1) is 7.11 Å². The Labute approximate surface area is 170 Å². The van der Waals surface area contributed by atoms with E-state index in [0.29, 0.717) is 16.7 Å². The SMILES string of the molecule is COc1cccc(OCc2nnc(SCc3ccc(C(C)(C)C)cc3)n2N)c1. The third-order valence-electron chi connectivity index (χ3n) is 4.33. The summed E-state index contributed by atoms with van der Waals surface area (Å²) < 4.78 is 12.4. The van der Waals surface area contributed by atoms with Crippen molar-refractivity contribution in [2.24, 2.45) is 0 Å². The van der Waals surface area contributed by atoms with E-state index >= 15 is 0 Å². The highest BCUT2D eigenvalue weighted by molar-refractivity contribution is 7.98. The van der Waals surface area contributed by atoms with Gasteiger partial charge in [0, 0.05) is 11.8 Å². The fraction of sp³-hybridized carbons (Fsp3) is 0.333. The van der Waals surface area contributed by atoms with Crippen LogP contribution in [0.4, 0.5) is 0 Å². The van der Waals surface area contributed by atoms with Crippen molar-refractivity contribution in [3.8, 4) is 11.5 Å². The molecule has 0 radical (unpaired) electrons. The molecular formula is C21H26N4O2S. The number of hydrogen-bond acceptors (Lipinski definition) is 6. The molecule has 0 spiro atoms. The summed E-state index contributed by atoms with van der Waals surface area (Å²) in [4.78, 5) is 0. The van der Waals surface area contributed by atoms with Crippen molar-refractivity contribution in [2.45, 2.75) is 43.7 Å². The second-order valence-electron chi connectivity index (χ2n) is 7.47. The van der Waals surface area contributed by atoms with Crippen LogP contribution in [0.1, 0.15) is 37.7 Å². The smallest absolute Gasteiger partial charge is 0.210 e. The number of aromatic nitrogens is 3. The van der Waals surface area contributed by atoms with Crippen molar-refractivity contribution >= 4 is 11.8 Å². The molecule has 3 rings (SSSR count). The molecule has 0 fully saturated rings. The maximum Gasteiger partial charge on any atom is 0.210 e. The van der Waals surface area contributed by atoms with E-state index in [9.17, 15) is 0 Å². The Morgan fingerprint density at radius 2 is 1.75 bits per heavy atom. The van der Waals surface area contributed by atoms with E-state index in [4.69, 9.17) is 15.3 Å². The molecule has 28 heavy (non-hydrogen) atoms. The number of thioether (sulfide) groups is 1.